The Morgan fingerprint density at radius 1 is 1.24 bits per heavy atom. The van der Waals surface area contributed by atoms with Crippen LogP contribution in [0.5, 0.6) is 0 Å². The summed E-state index contributed by atoms with van der Waals surface area (Å²) in [6.07, 6.45) is 9.48. The number of benzene rings is 1. The average molecular weight is 470 g/mol. The zero-order chi connectivity index (χ0) is 24.3. The van der Waals surface area contributed by atoms with E-state index in [0.717, 1.165) is 12.1 Å². The van der Waals surface area contributed by atoms with Crippen molar-refractivity contribution < 1.29 is 18.0 Å². The van der Waals surface area contributed by atoms with Gasteiger partial charge in [-0.1, -0.05) is 12.2 Å². The van der Waals surface area contributed by atoms with Gasteiger partial charge in [-0.15, -0.1) is 0 Å². The molecular formula is C24H25F3N6O. The smallest absolute Gasteiger partial charge is 0.254 e. The molecule has 1 aromatic carbocycles. The van der Waals surface area contributed by atoms with Gasteiger partial charge in [-0.05, 0) is 49.1 Å². The Morgan fingerprint density at radius 3 is 2.85 bits per heavy atom. The Labute approximate surface area is 195 Å². The summed E-state index contributed by atoms with van der Waals surface area (Å²) in [7, 11) is 0. The molecule has 1 amide bonds. The molecule has 7 nitrogen and oxygen atoms in total. The van der Waals surface area contributed by atoms with Crippen LogP contribution < -0.4 is 21.7 Å². The molecule has 178 valence electrons. The number of nitrogens with one attached hydrogen (secondary N) is 1. The molecule has 0 saturated carbocycles. The molecule has 2 aromatic rings. The van der Waals surface area contributed by atoms with Crippen molar-refractivity contribution in [1.82, 2.24) is 15.3 Å². The van der Waals surface area contributed by atoms with Gasteiger partial charge in [0, 0.05) is 25.7 Å². The Bertz CT molecular complexity index is 1200. The lowest BCUT2D eigenvalue weighted by Crippen LogP contribution is -2.52. The summed E-state index contributed by atoms with van der Waals surface area (Å²) in [5, 5.41) is 2.64. The molecular weight excluding hydrogens is 445 g/mol. The number of carbonyl (C=O) groups excluding carboxylic acids is 1. The normalized spacial score (nSPS) is 24.4. The summed E-state index contributed by atoms with van der Waals surface area (Å²) >= 11 is 0. The standard InChI is InChI=1S/C24H25F3N6O/c25-16-5-3-1-2-4-15(10-16)20-21(28)31-14-32-22(20)33-9-8-24(29,13-33)12-30-23(34)18-7-6-17(26)11-19(18)27/h1,3,5-7,10-11,14H,2,4,8-9,12-13,29H2,(H,30,34)(H2,28,31,32)/b3-1-,15-10+,16-5+. The minimum absolute atomic E-state index is 0.0694. The maximum Gasteiger partial charge on any atom is 0.254 e. The number of hydrogen-bond donors (Lipinski definition) is 3. The molecule has 2 aliphatic rings. The van der Waals surface area contributed by atoms with Crippen molar-refractivity contribution in [3.05, 3.63) is 77.4 Å². The number of rotatable bonds is 5. The molecule has 0 radical (unpaired) electrons. The van der Waals surface area contributed by atoms with Gasteiger partial charge in [0.1, 0.15) is 35.4 Å². The second-order valence-corrected chi connectivity index (χ2v) is 8.49. The van der Waals surface area contributed by atoms with E-state index >= 15 is 0 Å². The number of nitrogens with two attached hydrogens (primary N) is 2. The summed E-state index contributed by atoms with van der Waals surface area (Å²) in [6.45, 7) is 0.917. The van der Waals surface area contributed by atoms with Gasteiger partial charge in [0.25, 0.3) is 5.91 Å². The first-order valence-electron chi connectivity index (χ1n) is 10.9. The number of carbonyl (C=O) groups is 1. The number of aromatic nitrogens is 2. The van der Waals surface area contributed by atoms with Crippen LogP contribution in [0, 0.1) is 11.6 Å². The summed E-state index contributed by atoms with van der Waals surface area (Å²) in [5.74, 6) is -2.00. The highest BCUT2D eigenvalue weighted by atomic mass is 19.1. The van der Waals surface area contributed by atoms with Crippen LogP contribution in [-0.2, 0) is 0 Å². The van der Waals surface area contributed by atoms with E-state index < -0.39 is 28.9 Å². The average Bonchev–Trinajstić information content (AvgIpc) is 3.17. The van der Waals surface area contributed by atoms with E-state index in [9.17, 15) is 18.0 Å². The lowest BCUT2D eigenvalue weighted by Gasteiger charge is -2.27. The number of allylic oxidation sites excluding steroid dienone is 6. The third-order valence-corrected chi connectivity index (χ3v) is 5.92. The number of nitrogens with zero attached hydrogens (tertiary/aromatic N) is 3. The van der Waals surface area contributed by atoms with Crippen LogP contribution in [-0.4, -0.2) is 41.0 Å². The Balaban J connectivity index is 1.51. The van der Waals surface area contributed by atoms with Crippen LogP contribution >= 0.6 is 0 Å². The molecule has 1 unspecified atom stereocenters. The van der Waals surface area contributed by atoms with Crippen LogP contribution in [0.2, 0.25) is 0 Å². The number of halogens is 3. The van der Waals surface area contributed by atoms with Gasteiger partial charge < -0.3 is 21.7 Å². The molecule has 5 N–H and O–H groups in total. The van der Waals surface area contributed by atoms with Crippen molar-refractivity contribution >= 4 is 23.1 Å². The van der Waals surface area contributed by atoms with Crippen molar-refractivity contribution in [2.75, 3.05) is 30.3 Å². The molecule has 4 rings (SSSR count). The van der Waals surface area contributed by atoms with Crippen molar-refractivity contribution in [2.45, 2.75) is 24.8 Å². The molecule has 0 spiro atoms. The highest BCUT2D eigenvalue weighted by Crippen LogP contribution is 2.36. The van der Waals surface area contributed by atoms with E-state index in [1.165, 1.54) is 18.5 Å². The summed E-state index contributed by atoms with van der Waals surface area (Å²) in [4.78, 5) is 22.8. The van der Waals surface area contributed by atoms with E-state index in [-0.39, 0.29) is 17.9 Å². The number of hydrogen-bond acceptors (Lipinski definition) is 6. The lowest BCUT2D eigenvalue weighted by atomic mass is 9.98. The highest BCUT2D eigenvalue weighted by molar-refractivity contribution is 5.94. The quantitative estimate of drug-likeness (QED) is 0.619. The SMILES string of the molecule is Nc1ncnc(N2CCC(N)(CNC(=O)c3ccc(F)cc3F)C2)c1/C1=C/C(F)=C\C=C/CC1. The zero-order valence-corrected chi connectivity index (χ0v) is 18.4. The summed E-state index contributed by atoms with van der Waals surface area (Å²) in [6, 6.07) is 2.77. The fourth-order valence-corrected chi connectivity index (χ4v) is 4.16. The molecule has 1 atom stereocenters. The topological polar surface area (TPSA) is 110 Å². The molecule has 1 aliphatic carbocycles. The Morgan fingerprint density at radius 2 is 2.06 bits per heavy atom. The number of anilines is 2. The van der Waals surface area contributed by atoms with Crippen LogP contribution in [0.15, 0.2) is 54.7 Å². The van der Waals surface area contributed by atoms with E-state index in [1.54, 1.807) is 6.08 Å². The second kappa shape index (κ2) is 9.68. The Hall–Kier alpha value is -3.66. The predicted octanol–water partition coefficient (Wildman–Crippen LogP) is 3.26. The fourth-order valence-electron chi connectivity index (χ4n) is 4.16. The van der Waals surface area contributed by atoms with E-state index in [1.807, 2.05) is 11.0 Å². The van der Waals surface area contributed by atoms with Gasteiger partial charge in [0.2, 0.25) is 0 Å². The minimum atomic E-state index is -0.943. The molecule has 10 heteroatoms. The molecule has 2 heterocycles. The first-order chi connectivity index (χ1) is 16.3. The maximum atomic E-state index is 14.2. The van der Waals surface area contributed by atoms with Gasteiger partial charge in [0.05, 0.1) is 16.7 Å². The maximum absolute atomic E-state index is 14.2. The molecule has 1 aromatic heterocycles. The highest BCUT2D eigenvalue weighted by Gasteiger charge is 2.37. The molecule has 0 bridgehead atoms. The van der Waals surface area contributed by atoms with Crippen LogP contribution in [0.25, 0.3) is 5.57 Å². The van der Waals surface area contributed by atoms with Gasteiger partial charge >= 0.3 is 0 Å². The number of nitrogen functional groups attached to an aromatic ring is 1. The lowest BCUT2D eigenvalue weighted by molar-refractivity contribution is 0.0941. The van der Waals surface area contributed by atoms with Crippen molar-refractivity contribution in [3.8, 4) is 0 Å². The Kier molecular flexibility index (Phi) is 6.69. The van der Waals surface area contributed by atoms with Gasteiger partial charge in [-0.3, -0.25) is 4.79 Å². The predicted molar refractivity (Wildman–Crippen MR) is 124 cm³/mol. The van der Waals surface area contributed by atoms with Crippen molar-refractivity contribution in [3.63, 3.8) is 0 Å². The second-order valence-electron chi connectivity index (χ2n) is 8.49. The van der Waals surface area contributed by atoms with Gasteiger partial charge in [-0.2, -0.15) is 0 Å². The zero-order valence-electron chi connectivity index (χ0n) is 18.4. The molecule has 1 fully saturated rings. The first kappa shape index (κ1) is 23.5. The van der Waals surface area contributed by atoms with Crippen LogP contribution in [0.4, 0.5) is 24.8 Å². The molecule has 1 aliphatic heterocycles. The first-order valence-corrected chi connectivity index (χ1v) is 10.9. The van der Waals surface area contributed by atoms with E-state index in [2.05, 4.69) is 15.3 Å². The molecule has 1 saturated heterocycles. The third-order valence-electron chi connectivity index (χ3n) is 5.92. The van der Waals surface area contributed by atoms with Crippen LogP contribution in [0.1, 0.15) is 35.2 Å². The van der Waals surface area contributed by atoms with E-state index in [4.69, 9.17) is 11.5 Å². The van der Waals surface area contributed by atoms with Gasteiger partial charge in [0.15, 0.2) is 0 Å². The molecule has 34 heavy (non-hydrogen) atoms. The third kappa shape index (κ3) is 5.12. The van der Waals surface area contributed by atoms with E-state index in [0.29, 0.717) is 55.4 Å². The van der Waals surface area contributed by atoms with Crippen LogP contribution in [0.3, 0.4) is 0 Å². The van der Waals surface area contributed by atoms with Crippen molar-refractivity contribution in [1.29, 1.82) is 0 Å². The number of amides is 1. The van der Waals surface area contributed by atoms with Gasteiger partial charge in [-0.25, -0.2) is 23.1 Å². The fraction of sp³-hybridized carbons (Fsp3) is 0.292. The van der Waals surface area contributed by atoms with Crippen molar-refractivity contribution in [2.24, 2.45) is 5.73 Å². The summed E-state index contributed by atoms with van der Waals surface area (Å²) < 4.78 is 41.3. The minimum Gasteiger partial charge on any atom is -0.383 e. The summed E-state index contributed by atoms with van der Waals surface area (Å²) in [5.41, 5.74) is 12.9. The monoisotopic (exact) mass is 470 g/mol. The largest absolute Gasteiger partial charge is 0.383 e.